The molecule has 70 valence electrons. The third-order valence-corrected chi connectivity index (χ3v) is 4.00. The van der Waals surface area contributed by atoms with Crippen LogP contribution in [-0.4, -0.2) is 12.2 Å². The second-order valence-corrected chi connectivity index (χ2v) is 4.93. The van der Waals surface area contributed by atoms with Gasteiger partial charge >= 0.3 is 0 Å². The van der Waals surface area contributed by atoms with Gasteiger partial charge in [-0.15, -0.1) is 0 Å². The summed E-state index contributed by atoms with van der Waals surface area (Å²) in [5.74, 6) is 0. The fraction of sp³-hybridized carbons (Fsp3) is 1.00. The van der Waals surface area contributed by atoms with Crippen molar-refractivity contribution in [2.75, 3.05) is 6.61 Å². The Labute approximate surface area is 75.5 Å². The molecule has 1 heteroatoms. The molecule has 3 aliphatic carbocycles. The van der Waals surface area contributed by atoms with Gasteiger partial charge in [-0.3, -0.25) is 0 Å². The molecular formula is C11H20O. The highest BCUT2D eigenvalue weighted by Gasteiger charge is 2.46. The quantitative estimate of drug-likeness (QED) is 0.615. The Kier molecular flexibility index (Phi) is 1.95. The summed E-state index contributed by atoms with van der Waals surface area (Å²) in [5, 5.41) is 0. The molecule has 0 aliphatic heterocycles. The first-order valence-corrected chi connectivity index (χ1v) is 5.32. The van der Waals surface area contributed by atoms with E-state index < -0.39 is 0 Å². The lowest BCUT2D eigenvalue weighted by atomic mass is 9.59. The van der Waals surface area contributed by atoms with Gasteiger partial charge in [-0.1, -0.05) is 6.92 Å². The van der Waals surface area contributed by atoms with Crippen LogP contribution < -0.4 is 0 Å². The molecule has 3 aliphatic rings. The molecule has 0 amide bonds. The van der Waals surface area contributed by atoms with E-state index in [1.807, 2.05) is 0 Å². The molecule has 0 aromatic rings. The topological polar surface area (TPSA) is 9.23 Å². The summed E-state index contributed by atoms with van der Waals surface area (Å²) in [5.41, 5.74) is 0.991. The number of ether oxygens (including phenoxy) is 1. The molecule has 3 fully saturated rings. The first-order chi connectivity index (χ1) is 5.68. The Balaban J connectivity index is 2.04. The Hall–Kier alpha value is -0.0400. The van der Waals surface area contributed by atoms with E-state index in [2.05, 4.69) is 13.8 Å². The SMILES string of the molecule is CCOC12CCC(C)(CC1)CC2. The molecule has 0 N–H and O–H groups in total. The van der Waals surface area contributed by atoms with Crippen LogP contribution in [0.25, 0.3) is 0 Å². The second-order valence-electron chi connectivity index (χ2n) is 4.93. The Morgan fingerprint density at radius 3 is 1.92 bits per heavy atom. The van der Waals surface area contributed by atoms with Crippen LogP contribution in [0, 0.1) is 5.41 Å². The minimum Gasteiger partial charge on any atom is -0.375 e. The lowest BCUT2D eigenvalue weighted by Gasteiger charge is -2.51. The van der Waals surface area contributed by atoms with Gasteiger partial charge in [-0.2, -0.15) is 0 Å². The molecule has 0 spiro atoms. The van der Waals surface area contributed by atoms with Crippen molar-refractivity contribution in [3.05, 3.63) is 0 Å². The fourth-order valence-electron chi connectivity index (χ4n) is 2.86. The van der Waals surface area contributed by atoms with E-state index in [1.54, 1.807) is 0 Å². The highest BCUT2D eigenvalue weighted by molar-refractivity contribution is 4.98. The molecule has 3 saturated carbocycles. The monoisotopic (exact) mass is 168 g/mol. The summed E-state index contributed by atoms with van der Waals surface area (Å²) in [6.45, 7) is 5.47. The summed E-state index contributed by atoms with van der Waals surface area (Å²) >= 11 is 0. The molecule has 3 rings (SSSR count). The largest absolute Gasteiger partial charge is 0.375 e. The average Bonchev–Trinajstić information content (AvgIpc) is 2.08. The number of hydrogen-bond donors (Lipinski definition) is 0. The molecule has 2 bridgehead atoms. The maximum absolute atomic E-state index is 5.90. The summed E-state index contributed by atoms with van der Waals surface area (Å²) < 4.78 is 5.90. The van der Waals surface area contributed by atoms with Gasteiger partial charge in [0.2, 0.25) is 0 Å². The maximum Gasteiger partial charge on any atom is 0.0683 e. The van der Waals surface area contributed by atoms with Crippen molar-refractivity contribution in [2.24, 2.45) is 5.41 Å². The van der Waals surface area contributed by atoms with Crippen molar-refractivity contribution >= 4 is 0 Å². The van der Waals surface area contributed by atoms with Crippen molar-refractivity contribution in [1.29, 1.82) is 0 Å². The lowest BCUT2D eigenvalue weighted by molar-refractivity contribution is -0.128. The molecule has 0 radical (unpaired) electrons. The van der Waals surface area contributed by atoms with E-state index in [0.717, 1.165) is 6.61 Å². The molecule has 0 heterocycles. The third-order valence-electron chi connectivity index (χ3n) is 4.00. The summed E-state index contributed by atoms with van der Waals surface area (Å²) in [6, 6.07) is 0. The van der Waals surface area contributed by atoms with Gasteiger partial charge in [0, 0.05) is 6.61 Å². The van der Waals surface area contributed by atoms with Crippen LogP contribution in [0.2, 0.25) is 0 Å². The van der Waals surface area contributed by atoms with Crippen molar-refractivity contribution in [3.8, 4) is 0 Å². The van der Waals surface area contributed by atoms with Crippen LogP contribution >= 0.6 is 0 Å². The minimum atomic E-state index is 0.312. The van der Waals surface area contributed by atoms with Crippen molar-refractivity contribution < 1.29 is 4.74 Å². The summed E-state index contributed by atoms with van der Waals surface area (Å²) in [4.78, 5) is 0. The lowest BCUT2D eigenvalue weighted by Crippen LogP contribution is -2.46. The summed E-state index contributed by atoms with van der Waals surface area (Å²) in [6.07, 6.45) is 8.14. The van der Waals surface area contributed by atoms with Crippen LogP contribution in [0.1, 0.15) is 52.4 Å². The van der Waals surface area contributed by atoms with E-state index in [1.165, 1.54) is 38.5 Å². The smallest absolute Gasteiger partial charge is 0.0683 e. The van der Waals surface area contributed by atoms with E-state index in [0.29, 0.717) is 11.0 Å². The predicted octanol–water partition coefficient (Wildman–Crippen LogP) is 3.14. The minimum absolute atomic E-state index is 0.312. The Morgan fingerprint density at radius 1 is 1.00 bits per heavy atom. The number of rotatable bonds is 2. The molecule has 0 unspecified atom stereocenters. The molecule has 0 atom stereocenters. The van der Waals surface area contributed by atoms with E-state index in [9.17, 15) is 0 Å². The molecule has 0 aromatic carbocycles. The van der Waals surface area contributed by atoms with Crippen LogP contribution in [-0.2, 0) is 4.74 Å². The Bertz CT molecular complexity index is 149. The average molecular weight is 168 g/mol. The fourth-order valence-corrected chi connectivity index (χ4v) is 2.86. The zero-order valence-electron chi connectivity index (χ0n) is 8.36. The normalized spacial score (nSPS) is 46.5. The molecule has 12 heavy (non-hydrogen) atoms. The second kappa shape index (κ2) is 2.73. The number of fused-ring (bicyclic) bond motifs is 3. The van der Waals surface area contributed by atoms with Gasteiger partial charge in [0.15, 0.2) is 0 Å². The van der Waals surface area contributed by atoms with E-state index >= 15 is 0 Å². The molecule has 1 nitrogen and oxygen atoms in total. The van der Waals surface area contributed by atoms with Gasteiger partial charge in [0.25, 0.3) is 0 Å². The molecule has 0 saturated heterocycles. The van der Waals surface area contributed by atoms with Gasteiger partial charge in [0.1, 0.15) is 0 Å². The van der Waals surface area contributed by atoms with Crippen molar-refractivity contribution in [3.63, 3.8) is 0 Å². The molecular weight excluding hydrogens is 148 g/mol. The van der Waals surface area contributed by atoms with Crippen LogP contribution in [0.15, 0.2) is 0 Å². The van der Waals surface area contributed by atoms with Gasteiger partial charge in [-0.25, -0.2) is 0 Å². The standard InChI is InChI=1S/C11H20O/c1-3-12-11-7-4-10(2,5-8-11)6-9-11/h3-9H2,1-2H3. The van der Waals surface area contributed by atoms with Gasteiger partial charge in [-0.05, 0) is 50.9 Å². The zero-order chi connectivity index (χ0) is 8.66. The van der Waals surface area contributed by atoms with Gasteiger partial charge < -0.3 is 4.74 Å². The first-order valence-electron chi connectivity index (χ1n) is 5.32. The Morgan fingerprint density at radius 2 is 1.50 bits per heavy atom. The highest BCUT2D eigenvalue weighted by atomic mass is 16.5. The zero-order valence-corrected chi connectivity index (χ0v) is 8.36. The predicted molar refractivity (Wildman–Crippen MR) is 50.2 cm³/mol. The summed E-state index contributed by atoms with van der Waals surface area (Å²) in [7, 11) is 0. The van der Waals surface area contributed by atoms with Crippen LogP contribution in [0.5, 0.6) is 0 Å². The molecule has 0 aromatic heterocycles. The van der Waals surface area contributed by atoms with Crippen LogP contribution in [0.3, 0.4) is 0 Å². The maximum atomic E-state index is 5.90. The third kappa shape index (κ3) is 1.28. The van der Waals surface area contributed by atoms with Crippen molar-refractivity contribution in [2.45, 2.75) is 58.0 Å². The van der Waals surface area contributed by atoms with Gasteiger partial charge in [0.05, 0.1) is 5.60 Å². The first kappa shape index (κ1) is 8.55. The van der Waals surface area contributed by atoms with E-state index in [4.69, 9.17) is 4.74 Å². The van der Waals surface area contributed by atoms with E-state index in [-0.39, 0.29) is 0 Å². The van der Waals surface area contributed by atoms with Crippen LogP contribution in [0.4, 0.5) is 0 Å². The van der Waals surface area contributed by atoms with Crippen molar-refractivity contribution in [1.82, 2.24) is 0 Å². The number of hydrogen-bond acceptors (Lipinski definition) is 1. The highest BCUT2D eigenvalue weighted by Crippen LogP contribution is 2.53.